The van der Waals surface area contributed by atoms with E-state index in [1.165, 1.54) is 0 Å². The molecule has 0 spiro atoms. The van der Waals surface area contributed by atoms with E-state index in [2.05, 4.69) is 5.32 Å². The fourth-order valence-electron chi connectivity index (χ4n) is 3.75. The smallest absolute Gasteiger partial charge is 0.310 e. The normalized spacial score (nSPS) is 33.1. The highest BCUT2D eigenvalue weighted by molar-refractivity contribution is 5.89. The van der Waals surface area contributed by atoms with Gasteiger partial charge in [0, 0.05) is 6.54 Å². The van der Waals surface area contributed by atoms with Crippen LogP contribution in [0.1, 0.15) is 18.9 Å². The molecule has 1 fully saturated rings. The molecule has 0 aliphatic heterocycles. The summed E-state index contributed by atoms with van der Waals surface area (Å²) in [4.78, 5) is 24.2. The molecule has 4 heteroatoms. The lowest BCUT2D eigenvalue weighted by Crippen LogP contribution is -2.47. The monoisotopic (exact) mass is 285 g/mol. The molecule has 1 amide bonds. The molecule has 110 valence electrons. The first-order chi connectivity index (χ1) is 10.0. The van der Waals surface area contributed by atoms with Crippen LogP contribution < -0.4 is 5.32 Å². The number of benzene rings is 1. The number of aliphatic carboxylic acids is 1. The van der Waals surface area contributed by atoms with Crippen LogP contribution in [0.2, 0.25) is 0 Å². The van der Waals surface area contributed by atoms with Crippen LogP contribution in [0.4, 0.5) is 0 Å². The van der Waals surface area contributed by atoms with Crippen molar-refractivity contribution in [3.63, 3.8) is 0 Å². The van der Waals surface area contributed by atoms with E-state index in [1.54, 1.807) is 6.92 Å². The highest BCUT2D eigenvalue weighted by atomic mass is 16.4. The van der Waals surface area contributed by atoms with Crippen molar-refractivity contribution in [1.82, 2.24) is 5.32 Å². The quantitative estimate of drug-likeness (QED) is 0.834. The Hall–Kier alpha value is -2.10. The minimum absolute atomic E-state index is 0.0347. The lowest BCUT2D eigenvalue weighted by molar-refractivity contribution is -0.156. The van der Waals surface area contributed by atoms with Crippen LogP contribution in [0.25, 0.3) is 0 Å². The van der Waals surface area contributed by atoms with Crippen molar-refractivity contribution >= 4 is 11.9 Å². The molecule has 2 aliphatic rings. The molecule has 1 saturated carbocycles. The molecule has 1 aromatic carbocycles. The molecule has 2 aliphatic carbocycles. The van der Waals surface area contributed by atoms with Gasteiger partial charge in [0.25, 0.3) is 0 Å². The van der Waals surface area contributed by atoms with E-state index in [4.69, 9.17) is 0 Å². The predicted octanol–water partition coefficient (Wildman–Crippen LogP) is 2.22. The Labute approximate surface area is 123 Å². The third-order valence-electron chi connectivity index (χ3n) is 5.01. The molecule has 0 saturated heterocycles. The zero-order valence-electron chi connectivity index (χ0n) is 12.0. The Morgan fingerprint density at radius 2 is 2.00 bits per heavy atom. The maximum atomic E-state index is 12.5. The number of allylic oxidation sites excluding steroid dienone is 2. The summed E-state index contributed by atoms with van der Waals surface area (Å²) >= 11 is 0. The average molecular weight is 285 g/mol. The standard InChI is InChI=1S/C17H19NO3/c1-17(16(20)21)13-8-7-12(9-13)14(17)15(19)18-10-11-5-3-2-4-6-11/h2-8,12-14H,9-10H2,1H3,(H,18,19)(H,20,21)/t12-,13-,14-,17-/m1/s1. The average Bonchev–Trinajstić information content (AvgIpc) is 3.05. The van der Waals surface area contributed by atoms with Crippen molar-refractivity contribution < 1.29 is 14.7 Å². The number of nitrogens with one attached hydrogen (secondary N) is 1. The van der Waals surface area contributed by atoms with Crippen LogP contribution in [-0.4, -0.2) is 17.0 Å². The molecular weight excluding hydrogens is 266 g/mol. The lowest BCUT2D eigenvalue weighted by atomic mass is 9.69. The molecule has 0 aromatic heterocycles. The van der Waals surface area contributed by atoms with Gasteiger partial charge < -0.3 is 10.4 Å². The Morgan fingerprint density at radius 3 is 2.67 bits per heavy atom. The number of carboxylic acid groups (broad SMARTS) is 1. The van der Waals surface area contributed by atoms with Gasteiger partial charge in [-0.25, -0.2) is 0 Å². The number of carboxylic acids is 1. The van der Waals surface area contributed by atoms with Crippen molar-refractivity contribution in [2.45, 2.75) is 19.9 Å². The van der Waals surface area contributed by atoms with Crippen molar-refractivity contribution in [3.05, 3.63) is 48.0 Å². The largest absolute Gasteiger partial charge is 0.481 e. The first kappa shape index (κ1) is 13.9. The third kappa shape index (κ3) is 2.15. The SMILES string of the molecule is C[C@@]1(C(=O)O)[C@@H]2C=C[C@H](C2)[C@@H]1C(=O)NCc1ccccc1. The van der Waals surface area contributed by atoms with Crippen molar-refractivity contribution in [2.75, 3.05) is 0 Å². The molecule has 4 atom stereocenters. The third-order valence-corrected chi connectivity index (χ3v) is 5.01. The first-order valence-corrected chi connectivity index (χ1v) is 7.27. The minimum atomic E-state index is -0.986. The van der Waals surface area contributed by atoms with E-state index < -0.39 is 17.3 Å². The van der Waals surface area contributed by atoms with Crippen LogP contribution in [-0.2, 0) is 16.1 Å². The van der Waals surface area contributed by atoms with Gasteiger partial charge in [-0.15, -0.1) is 0 Å². The van der Waals surface area contributed by atoms with Gasteiger partial charge in [-0.2, -0.15) is 0 Å². The summed E-state index contributed by atoms with van der Waals surface area (Å²) in [6.45, 7) is 2.14. The van der Waals surface area contributed by atoms with E-state index in [0.29, 0.717) is 6.54 Å². The van der Waals surface area contributed by atoms with Crippen LogP contribution in [0, 0.1) is 23.2 Å². The fraction of sp³-hybridized carbons (Fsp3) is 0.412. The topological polar surface area (TPSA) is 66.4 Å². The predicted molar refractivity (Wildman–Crippen MR) is 78.3 cm³/mol. The molecule has 0 heterocycles. The summed E-state index contributed by atoms with van der Waals surface area (Å²) in [6, 6.07) is 9.65. The zero-order valence-corrected chi connectivity index (χ0v) is 12.0. The van der Waals surface area contributed by atoms with Crippen LogP contribution in [0.3, 0.4) is 0 Å². The maximum absolute atomic E-state index is 12.5. The molecule has 4 nitrogen and oxygen atoms in total. The van der Waals surface area contributed by atoms with Gasteiger partial charge in [-0.1, -0.05) is 42.5 Å². The van der Waals surface area contributed by atoms with E-state index in [0.717, 1.165) is 12.0 Å². The lowest BCUT2D eigenvalue weighted by Gasteiger charge is -2.33. The molecule has 2 N–H and O–H groups in total. The van der Waals surface area contributed by atoms with E-state index in [-0.39, 0.29) is 17.7 Å². The summed E-state index contributed by atoms with van der Waals surface area (Å²) in [5, 5.41) is 12.5. The molecule has 0 unspecified atom stereocenters. The number of amides is 1. The Balaban J connectivity index is 1.75. The Morgan fingerprint density at radius 1 is 1.29 bits per heavy atom. The second-order valence-electron chi connectivity index (χ2n) is 6.16. The van der Waals surface area contributed by atoms with Gasteiger partial charge in [0.15, 0.2) is 0 Å². The van der Waals surface area contributed by atoms with Gasteiger partial charge in [-0.3, -0.25) is 9.59 Å². The van der Waals surface area contributed by atoms with Crippen molar-refractivity contribution in [3.8, 4) is 0 Å². The summed E-state index contributed by atoms with van der Waals surface area (Å²) in [5.74, 6) is -1.49. The second kappa shape index (κ2) is 5.02. The number of hydrogen-bond acceptors (Lipinski definition) is 2. The Bertz CT molecular complexity index is 595. The molecule has 3 rings (SSSR count). The maximum Gasteiger partial charge on any atom is 0.310 e. The summed E-state index contributed by atoms with van der Waals surface area (Å²) < 4.78 is 0. The zero-order chi connectivity index (χ0) is 15.0. The van der Waals surface area contributed by atoms with Gasteiger partial charge in [0.05, 0.1) is 11.3 Å². The number of carbonyl (C=O) groups excluding carboxylic acids is 1. The van der Waals surface area contributed by atoms with Gasteiger partial charge >= 0.3 is 5.97 Å². The fourth-order valence-corrected chi connectivity index (χ4v) is 3.75. The summed E-state index contributed by atoms with van der Waals surface area (Å²) in [5.41, 5.74) is 0.0294. The highest BCUT2D eigenvalue weighted by Crippen LogP contribution is 2.56. The van der Waals surface area contributed by atoms with Gasteiger partial charge in [-0.05, 0) is 30.7 Å². The van der Waals surface area contributed by atoms with E-state index >= 15 is 0 Å². The number of carbonyl (C=O) groups is 2. The molecular formula is C17H19NO3. The van der Waals surface area contributed by atoms with Crippen molar-refractivity contribution in [1.29, 1.82) is 0 Å². The van der Waals surface area contributed by atoms with Gasteiger partial charge in [0.1, 0.15) is 0 Å². The number of fused-ring (bicyclic) bond motifs is 2. The highest BCUT2D eigenvalue weighted by Gasteiger charge is 2.60. The number of hydrogen-bond donors (Lipinski definition) is 2. The number of rotatable bonds is 4. The van der Waals surface area contributed by atoms with Crippen LogP contribution in [0.15, 0.2) is 42.5 Å². The van der Waals surface area contributed by atoms with Crippen LogP contribution in [0.5, 0.6) is 0 Å². The summed E-state index contributed by atoms with van der Waals surface area (Å²) in [7, 11) is 0. The molecule has 0 radical (unpaired) electrons. The minimum Gasteiger partial charge on any atom is -0.481 e. The first-order valence-electron chi connectivity index (χ1n) is 7.27. The summed E-state index contributed by atoms with van der Waals surface area (Å²) in [6.07, 6.45) is 4.73. The second-order valence-corrected chi connectivity index (χ2v) is 6.16. The molecule has 1 aromatic rings. The van der Waals surface area contributed by atoms with E-state index in [9.17, 15) is 14.7 Å². The Kier molecular flexibility index (Phi) is 3.32. The molecule has 2 bridgehead atoms. The van der Waals surface area contributed by atoms with Gasteiger partial charge in [0.2, 0.25) is 5.91 Å². The molecule has 21 heavy (non-hydrogen) atoms. The van der Waals surface area contributed by atoms with Crippen molar-refractivity contribution in [2.24, 2.45) is 23.2 Å². The van der Waals surface area contributed by atoms with E-state index in [1.807, 2.05) is 42.5 Å². The van der Waals surface area contributed by atoms with Crippen LogP contribution >= 0.6 is 0 Å².